The van der Waals surface area contributed by atoms with E-state index >= 15 is 0 Å². The molecule has 0 saturated carbocycles. The molecule has 0 N–H and O–H groups in total. The quantitative estimate of drug-likeness (QED) is 0.144. The van der Waals surface area contributed by atoms with Gasteiger partial charge < -0.3 is 4.57 Å². The summed E-state index contributed by atoms with van der Waals surface area (Å²) in [5.74, 6) is 0. The number of nitrogens with zero attached hydrogens (tertiary/aromatic N) is 1. The molecule has 0 saturated heterocycles. The van der Waals surface area contributed by atoms with Crippen molar-refractivity contribution < 1.29 is 0 Å². The van der Waals surface area contributed by atoms with Crippen molar-refractivity contribution in [1.82, 2.24) is 4.57 Å². The van der Waals surface area contributed by atoms with Crippen LogP contribution in [-0.2, 0) is 0 Å². The van der Waals surface area contributed by atoms with Gasteiger partial charge in [0.1, 0.15) is 0 Å². The number of benzene rings is 9. The average Bonchev–Trinajstić information content (AvgIpc) is 3.44. The van der Waals surface area contributed by atoms with Crippen LogP contribution in [0.15, 0.2) is 164 Å². The van der Waals surface area contributed by atoms with Crippen LogP contribution in [0.25, 0.3) is 92.5 Å². The molecule has 0 atom stereocenters. The van der Waals surface area contributed by atoms with Crippen molar-refractivity contribution in [2.45, 2.75) is 0 Å². The smallest absolute Gasteiger partial charge is 0.0541 e. The third-order valence-electron chi connectivity index (χ3n) is 9.75. The van der Waals surface area contributed by atoms with Crippen LogP contribution in [0.5, 0.6) is 0 Å². The predicted molar refractivity (Wildman–Crippen MR) is 194 cm³/mol. The van der Waals surface area contributed by atoms with E-state index in [2.05, 4.69) is 168 Å². The van der Waals surface area contributed by atoms with Gasteiger partial charge in [-0.3, -0.25) is 0 Å². The Bertz CT molecular complexity index is 2760. The van der Waals surface area contributed by atoms with Gasteiger partial charge >= 0.3 is 0 Å². The predicted octanol–water partition coefficient (Wildman–Crippen LogP) is 12.2. The minimum Gasteiger partial charge on any atom is -0.309 e. The van der Waals surface area contributed by atoms with Gasteiger partial charge in [0.25, 0.3) is 0 Å². The summed E-state index contributed by atoms with van der Waals surface area (Å²) >= 11 is 0. The van der Waals surface area contributed by atoms with Crippen LogP contribution < -0.4 is 0 Å². The number of aromatic nitrogens is 1. The maximum Gasteiger partial charge on any atom is 0.0541 e. The molecule has 0 aliphatic carbocycles. The zero-order valence-electron chi connectivity index (χ0n) is 24.5. The monoisotopic (exact) mass is 569 g/mol. The fourth-order valence-corrected chi connectivity index (χ4v) is 7.82. The molecule has 1 aromatic heterocycles. The van der Waals surface area contributed by atoms with E-state index in [0.717, 1.165) is 0 Å². The zero-order valence-corrected chi connectivity index (χ0v) is 24.5. The zero-order chi connectivity index (χ0) is 29.5. The van der Waals surface area contributed by atoms with Gasteiger partial charge in [-0.05, 0) is 89.9 Å². The van der Waals surface area contributed by atoms with Crippen LogP contribution in [0.4, 0.5) is 0 Å². The minimum absolute atomic E-state index is 1.20. The fraction of sp³-hybridized carbons (Fsp3) is 0. The van der Waals surface area contributed by atoms with E-state index in [1.807, 2.05) is 0 Å². The van der Waals surface area contributed by atoms with E-state index in [-0.39, 0.29) is 0 Å². The van der Waals surface area contributed by atoms with Crippen molar-refractivity contribution in [2.75, 3.05) is 0 Å². The van der Waals surface area contributed by atoms with Crippen molar-refractivity contribution in [3.63, 3.8) is 0 Å². The van der Waals surface area contributed by atoms with Crippen LogP contribution in [0.2, 0.25) is 0 Å². The lowest BCUT2D eigenvalue weighted by molar-refractivity contribution is 1.20. The molecule has 0 bridgehead atoms. The second-order valence-electron chi connectivity index (χ2n) is 12.1. The van der Waals surface area contributed by atoms with E-state index in [4.69, 9.17) is 0 Å². The van der Waals surface area contributed by atoms with Crippen LogP contribution in [0.1, 0.15) is 0 Å². The lowest BCUT2D eigenvalue weighted by Gasteiger charge is -2.16. The molecule has 0 aliphatic rings. The molecule has 0 radical (unpaired) electrons. The SMILES string of the molecule is c1cc(-c2cccc3c(-n4c5ccccc5c5ccccc54)cccc23)c2cc3c4ccccc4c4ccccc4c3cc2c1. The standard InChI is InChI=1S/C44H27N/c1-3-15-34-29(13-1)30-14-2-4-16-35(30)41-27-39-28(26-40(34)41)12-9-19-33(39)31-20-10-22-36-32(31)21-11-25-44(36)45-42-23-7-5-17-37(42)38-18-6-8-24-43(38)45/h1-27H. The minimum atomic E-state index is 1.20. The molecule has 10 rings (SSSR count). The van der Waals surface area contributed by atoms with Gasteiger partial charge in [-0.25, -0.2) is 0 Å². The number of para-hydroxylation sites is 2. The molecule has 10 aromatic rings. The number of hydrogen-bond acceptors (Lipinski definition) is 0. The maximum atomic E-state index is 2.44. The van der Waals surface area contributed by atoms with E-state index in [1.165, 1.54) is 92.5 Å². The first-order valence-corrected chi connectivity index (χ1v) is 15.6. The van der Waals surface area contributed by atoms with Gasteiger partial charge in [0.05, 0.1) is 16.7 Å². The summed E-state index contributed by atoms with van der Waals surface area (Å²) in [7, 11) is 0. The Morgan fingerprint density at radius 1 is 0.267 bits per heavy atom. The van der Waals surface area contributed by atoms with E-state index in [1.54, 1.807) is 0 Å². The molecule has 1 nitrogen and oxygen atoms in total. The molecule has 0 unspecified atom stereocenters. The highest BCUT2D eigenvalue weighted by molar-refractivity contribution is 6.28. The molecular weight excluding hydrogens is 542 g/mol. The van der Waals surface area contributed by atoms with Crippen LogP contribution in [0, 0.1) is 0 Å². The van der Waals surface area contributed by atoms with E-state index in [0.29, 0.717) is 0 Å². The summed E-state index contributed by atoms with van der Waals surface area (Å²) in [4.78, 5) is 0. The Labute approximate surface area is 260 Å². The van der Waals surface area contributed by atoms with Gasteiger partial charge in [-0.2, -0.15) is 0 Å². The molecule has 0 spiro atoms. The normalized spacial score (nSPS) is 12.0. The topological polar surface area (TPSA) is 4.93 Å². The van der Waals surface area contributed by atoms with E-state index in [9.17, 15) is 0 Å². The average molecular weight is 570 g/mol. The van der Waals surface area contributed by atoms with Crippen molar-refractivity contribution in [2.24, 2.45) is 0 Å². The van der Waals surface area contributed by atoms with Crippen LogP contribution in [-0.4, -0.2) is 4.57 Å². The van der Waals surface area contributed by atoms with Crippen molar-refractivity contribution >= 4 is 75.7 Å². The highest BCUT2D eigenvalue weighted by Gasteiger charge is 2.16. The second kappa shape index (κ2) is 9.29. The second-order valence-corrected chi connectivity index (χ2v) is 12.1. The third kappa shape index (κ3) is 3.44. The molecule has 0 amide bonds. The van der Waals surface area contributed by atoms with Crippen molar-refractivity contribution in [3.05, 3.63) is 164 Å². The Balaban J connectivity index is 1.28. The molecule has 0 fully saturated rings. The summed E-state index contributed by atoms with van der Waals surface area (Å²) in [6.45, 7) is 0. The molecule has 1 heteroatoms. The largest absolute Gasteiger partial charge is 0.309 e. The highest BCUT2D eigenvalue weighted by atomic mass is 15.0. The van der Waals surface area contributed by atoms with Gasteiger partial charge in [0.2, 0.25) is 0 Å². The maximum absolute atomic E-state index is 2.44. The Morgan fingerprint density at radius 3 is 1.36 bits per heavy atom. The third-order valence-corrected chi connectivity index (χ3v) is 9.75. The van der Waals surface area contributed by atoms with Crippen molar-refractivity contribution in [1.29, 1.82) is 0 Å². The lowest BCUT2D eigenvalue weighted by Crippen LogP contribution is -1.96. The summed E-state index contributed by atoms with van der Waals surface area (Å²) in [6, 6.07) is 60.3. The Hall–Kier alpha value is -5.92. The van der Waals surface area contributed by atoms with Gasteiger partial charge in [0, 0.05) is 16.2 Å². The van der Waals surface area contributed by atoms with E-state index < -0.39 is 0 Å². The van der Waals surface area contributed by atoms with Crippen molar-refractivity contribution in [3.8, 4) is 16.8 Å². The summed E-state index contributed by atoms with van der Waals surface area (Å²) in [5.41, 5.74) is 6.18. The molecule has 9 aromatic carbocycles. The van der Waals surface area contributed by atoms with Gasteiger partial charge in [0.15, 0.2) is 0 Å². The summed E-state index contributed by atoms with van der Waals surface area (Å²) in [6.07, 6.45) is 0. The Morgan fingerprint density at radius 2 is 0.711 bits per heavy atom. The summed E-state index contributed by atoms with van der Waals surface area (Å²) in [5, 5.41) is 15.4. The number of fused-ring (bicyclic) bond motifs is 11. The van der Waals surface area contributed by atoms with Gasteiger partial charge in [-0.15, -0.1) is 0 Å². The number of rotatable bonds is 2. The molecule has 0 aliphatic heterocycles. The molecule has 208 valence electrons. The van der Waals surface area contributed by atoms with Crippen LogP contribution in [0.3, 0.4) is 0 Å². The molecule has 1 heterocycles. The first kappa shape index (κ1) is 24.5. The molecular formula is C44H27N. The van der Waals surface area contributed by atoms with Gasteiger partial charge in [-0.1, -0.05) is 133 Å². The van der Waals surface area contributed by atoms with Crippen LogP contribution >= 0.6 is 0 Å². The first-order chi connectivity index (χ1) is 22.3. The lowest BCUT2D eigenvalue weighted by atomic mass is 9.89. The highest BCUT2D eigenvalue weighted by Crippen LogP contribution is 2.42. The molecule has 45 heavy (non-hydrogen) atoms. The Kier molecular flexibility index (Phi) is 5.06. The summed E-state index contributed by atoms with van der Waals surface area (Å²) < 4.78 is 2.44. The fourth-order valence-electron chi connectivity index (χ4n) is 7.82. The number of hydrogen-bond donors (Lipinski definition) is 0. The first-order valence-electron chi connectivity index (χ1n) is 15.6.